The SMILES string of the molecule is C[C@H](Nc1nc(N)nc(N)c1C#N)c1nc2cccc(Cl)c2c(=O)n1-c1cc(F)cc(OC(F)(F)F)c1. The van der Waals surface area contributed by atoms with Gasteiger partial charge in [0.15, 0.2) is 5.82 Å². The molecule has 0 bridgehead atoms. The fourth-order valence-corrected chi connectivity index (χ4v) is 3.85. The van der Waals surface area contributed by atoms with E-state index < -0.39 is 29.5 Å². The highest BCUT2D eigenvalue weighted by atomic mass is 35.5. The molecule has 5 N–H and O–H groups in total. The van der Waals surface area contributed by atoms with E-state index in [4.69, 9.17) is 23.1 Å². The second-order valence-electron chi connectivity index (χ2n) is 7.61. The molecule has 2 heterocycles. The molecule has 0 aliphatic carbocycles. The number of nitrogens with zero attached hydrogens (tertiary/aromatic N) is 5. The van der Waals surface area contributed by atoms with Crippen LogP contribution in [0.15, 0.2) is 41.2 Å². The third kappa shape index (κ3) is 5.16. The molecular formula is C22H15ClF4N8O2. The Kier molecular flexibility index (Phi) is 6.49. The molecule has 0 spiro atoms. The molecule has 0 saturated heterocycles. The van der Waals surface area contributed by atoms with Crippen molar-refractivity contribution < 1.29 is 22.3 Å². The van der Waals surface area contributed by atoms with E-state index >= 15 is 0 Å². The lowest BCUT2D eigenvalue weighted by Gasteiger charge is -2.21. The van der Waals surface area contributed by atoms with Crippen LogP contribution in [-0.4, -0.2) is 25.9 Å². The van der Waals surface area contributed by atoms with Crippen LogP contribution >= 0.6 is 11.6 Å². The smallest absolute Gasteiger partial charge is 0.406 e. The van der Waals surface area contributed by atoms with Crippen LogP contribution in [-0.2, 0) is 0 Å². The summed E-state index contributed by atoms with van der Waals surface area (Å²) in [6.45, 7) is 1.51. The van der Waals surface area contributed by atoms with Crippen LogP contribution in [0.1, 0.15) is 24.4 Å². The van der Waals surface area contributed by atoms with Gasteiger partial charge in [-0.3, -0.25) is 9.36 Å². The fourth-order valence-electron chi connectivity index (χ4n) is 3.60. The summed E-state index contributed by atoms with van der Waals surface area (Å²) in [4.78, 5) is 25.7. The molecule has 2 aromatic carbocycles. The van der Waals surface area contributed by atoms with E-state index in [0.717, 1.165) is 16.7 Å². The number of aromatic nitrogens is 4. The average molecular weight is 535 g/mol. The van der Waals surface area contributed by atoms with Crippen molar-refractivity contribution in [2.45, 2.75) is 19.3 Å². The van der Waals surface area contributed by atoms with Crippen LogP contribution in [0.2, 0.25) is 5.02 Å². The molecule has 4 rings (SSSR count). The van der Waals surface area contributed by atoms with Gasteiger partial charge < -0.3 is 21.5 Å². The first-order valence-corrected chi connectivity index (χ1v) is 10.6. The van der Waals surface area contributed by atoms with Gasteiger partial charge in [0.2, 0.25) is 5.95 Å². The van der Waals surface area contributed by atoms with Crippen molar-refractivity contribution in [2.75, 3.05) is 16.8 Å². The largest absolute Gasteiger partial charge is 0.573 e. The van der Waals surface area contributed by atoms with E-state index in [0.29, 0.717) is 6.07 Å². The van der Waals surface area contributed by atoms with Crippen molar-refractivity contribution in [2.24, 2.45) is 0 Å². The molecule has 0 unspecified atom stereocenters. The zero-order valence-electron chi connectivity index (χ0n) is 18.6. The third-order valence-corrected chi connectivity index (χ3v) is 5.34. The van der Waals surface area contributed by atoms with Gasteiger partial charge in [-0.05, 0) is 25.1 Å². The summed E-state index contributed by atoms with van der Waals surface area (Å²) in [5.74, 6) is -2.66. The molecule has 15 heteroatoms. The van der Waals surface area contributed by atoms with Crippen molar-refractivity contribution >= 4 is 40.1 Å². The van der Waals surface area contributed by atoms with Crippen LogP contribution in [0, 0.1) is 17.1 Å². The topological polar surface area (TPSA) is 158 Å². The Hall–Kier alpha value is -4.64. The number of halogens is 5. The number of fused-ring (bicyclic) bond motifs is 1. The molecule has 2 aromatic heterocycles. The number of alkyl halides is 3. The van der Waals surface area contributed by atoms with E-state index in [-0.39, 0.29) is 50.6 Å². The molecule has 0 aliphatic heterocycles. The molecule has 37 heavy (non-hydrogen) atoms. The molecule has 190 valence electrons. The summed E-state index contributed by atoms with van der Waals surface area (Å²) in [5.41, 5.74) is 10.3. The van der Waals surface area contributed by atoms with Gasteiger partial charge in [0.25, 0.3) is 5.56 Å². The zero-order valence-corrected chi connectivity index (χ0v) is 19.4. The lowest BCUT2D eigenvalue weighted by atomic mass is 10.2. The van der Waals surface area contributed by atoms with Gasteiger partial charge in [0.1, 0.15) is 34.8 Å². The van der Waals surface area contributed by atoms with Crippen molar-refractivity contribution in [3.8, 4) is 17.5 Å². The molecule has 10 nitrogen and oxygen atoms in total. The Morgan fingerprint density at radius 2 is 1.92 bits per heavy atom. The summed E-state index contributed by atoms with van der Waals surface area (Å²) >= 11 is 6.21. The number of nitrogens with one attached hydrogen (secondary N) is 1. The number of anilines is 3. The van der Waals surface area contributed by atoms with Crippen LogP contribution in [0.4, 0.5) is 35.1 Å². The number of nitrogens with two attached hydrogens (primary N) is 2. The first-order valence-electron chi connectivity index (χ1n) is 10.3. The minimum absolute atomic E-state index is 0.0159. The molecule has 0 aliphatic rings. The number of hydrogen-bond donors (Lipinski definition) is 3. The summed E-state index contributed by atoms with van der Waals surface area (Å²) in [6, 6.07) is 7.48. The Labute approximate surface area is 210 Å². The highest BCUT2D eigenvalue weighted by molar-refractivity contribution is 6.35. The normalized spacial score (nSPS) is 12.2. The molecule has 1 atom stereocenters. The summed E-state index contributed by atoms with van der Waals surface area (Å²) in [5, 5.41) is 12.3. The maximum Gasteiger partial charge on any atom is 0.573 e. The Morgan fingerprint density at radius 1 is 1.19 bits per heavy atom. The van der Waals surface area contributed by atoms with E-state index in [1.165, 1.54) is 19.1 Å². The van der Waals surface area contributed by atoms with Gasteiger partial charge in [0, 0.05) is 12.1 Å². The van der Waals surface area contributed by atoms with Crippen molar-refractivity contribution in [3.63, 3.8) is 0 Å². The minimum atomic E-state index is -5.11. The number of rotatable bonds is 5. The summed E-state index contributed by atoms with van der Waals surface area (Å²) < 4.78 is 57.6. The Morgan fingerprint density at radius 3 is 2.59 bits per heavy atom. The summed E-state index contributed by atoms with van der Waals surface area (Å²) in [6.07, 6.45) is -5.11. The predicted molar refractivity (Wildman–Crippen MR) is 127 cm³/mol. The monoisotopic (exact) mass is 534 g/mol. The van der Waals surface area contributed by atoms with E-state index in [9.17, 15) is 27.6 Å². The zero-order chi connectivity index (χ0) is 27.1. The quantitative estimate of drug-likeness (QED) is 0.321. The van der Waals surface area contributed by atoms with Gasteiger partial charge >= 0.3 is 6.36 Å². The molecule has 0 fully saturated rings. The maximum atomic E-state index is 14.4. The molecule has 0 amide bonds. The number of nitriles is 1. The highest BCUT2D eigenvalue weighted by Crippen LogP contribution is 2.30. The van der Waals surface area contributed by atoms with Crippen LogP contribution in [0.5, 0.6) is 5.75 Å². The minimum Gasteiger partial charge on any atom is -0.406 e. The number of nitrogen functional groups attached to an aromatic ring is 2. The standard InChI is InChI=1S/C22H15ClF4N8O2/c1-9(31-18-13(8-28)17(29)33-21(30)34-18)19-32-15-4-2-3-14(23)16(15)20(36)35(19)11-5-10(24)6-12(7-11)37-22(25,26)27/h2-7,9H,1H3,(H5,29,30,31,33,34)/t9-/m0/s1. The Bertz CT molecular complexity index is 1630. The second kappa shape index (κ2) is 9.43. The number of hydrogen-bond acceptors (Lipinski definition) is 9. The summed E-state index contributed by atoms with van der Waals surface area (Å²) in [7, 11) is 0. The third-order valence-electron chi connectivity index (χ3n) is 5.03. The van der Waals surface area contributed by atoms with E-state index in [2.05, 4.69) is 25.0 Å². The lowest BCUT2D eigenvalue weighted by molar-refractivity contribution is -0.274. The molecule has 0 radical (unpaired) electrons. The van der Waals surface area contributed by atoms with Gasteiger partial charge in [-0.15, -0.1) is 13.2 Å². The van der Waals surface area contributed by atoms with E-state index in [1.807, 2.05) is 6.07 Å². The van der Waals surface area contributed by atoms with Gasteiger partial charge in [-0.1, -0.05) is 17.7 Å². The van der Waals surface area contributed by atoms with E-state index in [1.54, 1.807) is 6.07 Å². The average Bonchev–Trinajstić information content (AvgIpc) is 2.77. The predicted octanol–water partition coefficient (Wildman–Crippen LogP) is 4.08. The van der Waals surface area contributed by atoms with Gasteiger partial charge in [-0.25, -0.2) is 9.37 Å². The second-order valence-corrected chi connectivity index (χ2v) is 8.01. The number of benzene rings is 2. The molecule has 0 saturated carbocycles. The highest BCUT2D eigenvalue weighted by Gasteiger charge is 2.32. The first-order chi connectivity index (χ1) is 17.4. The molecule has 4 aromatic rings. The number of ether oxygens (including phenoxy) is 1. The molecular weight excluding hydrogens is 520 g/mol. The van der Waals surface area contributed by atoms with Crippen molar-refractivity contribution in [1.82, 2.24) is 19.5 Å². The lowest BCUT2D eigenvalue weighted by Crippen LogP contribution is -2.28. The fraction of sp³-hybridized carbons (Fsp3) is 0.136. The van der Waals surface area contributed by atoms with Crippen molar-refractivity contribution in [1.29, 1.82) is 5.26 Å². The van der Waals surface area contributed by atoms with Crippen molar-refractivity contribution in [3.05, 3.63) is 69.0 Å². The van der Waals surface area contributed by atoms with Crippen LogP contribution in [0.25, 0.3) is 16.6 Å². The first kappa shape index (κ1) is 25.5. The van der Waals surface area contributed by atoms with Gasteiger partial charge in [0.05, 0.1) is 27.7 Å². The maximum absolute atomic E-state index is 14.4. The van der Waals surface area contributed by atoms with Gasteiger partial charge in [-0.2, -0.15) is 15.2 Å². The van der Waals surface area contributed by atoms with Crippen LogP contribution in [0.3, 0.4) is 0 Å². The Balaban J connectivity index is 1.96. The van der Waals surface area contributed by atoms with Crippen LogP contribution < -0.4 is 27.1 Å².